The minimum atomic E-state index is -0.591. The fraction of sp³-hybridized carbons (Fsp3) is 0.231. The van der Waals surface area contributed by atoms with Crippen LogP contribution < -0.4 is 10.6 Å². The number of carbonyl (C=O) groups is 3. The predicted octanol–water partition coefficient (Wildman–Crippen LogP) is 3.89. The van der Waals surface area contributed by atoms with Gasteiger partial charge in [-0.3, -0.25) is 0 Å². The van der Waals surface area contributed by atoms with Crippen LogP contribution in [0, 0.1) is 6.92 Å². The van der Waals surface area contributed by atoms with E-state index in [-0.39, 0.29) is 24.5 Å². The molecule has 174 valence electrons. The van der Waals surface area contributed by atoms with Gasteiger partial charge in [-0.1, -0.05) is 42.0 Å². The van der Waals surface area contributed by atoms with Crippen LogP contribution in [0.4, 0.5) is 4.79 Å². The van der Waals surface area contributed by atoms with Crippen molar-refractivity contribution < 1.29 is 23.9 Å². The Hall–Kier alpha value is -4.20. The maximum absolute atomic E-state index is 13.2. The fourth-order valence-electron chi connectivity index (χ4n) is 3.87. The quantitative estimate of drug-likeness (QED) is 0.542. The minimum absolute atomic E-state index is 0.181. The van der Waals surface area contributed by atoms with Crippen LogP contribution in [0.5, 0.6) is 0 Å². The normalized spacial score (nSPS) is 15.5. The van der Waals surface area contributed by atoms with Crippen LogP contribution >= 0.6 is 0 Å². The number of pyridine rings is 1. The SMILES string of the molecule is CCOC(=O)C1=C(COC(=O)c2cc(-c3ccccc3)nc3ccc(C)cc23)NC(=O)N[C@H]1C. The maximum Gasteiger partial charge on any atom is 0.339 e. The number of fused-ring (bicyclic) bond motifs is 1. The third kappa shape index (κ3) is 4.76. The molecule has 0 bridgehead atoms. The Bertz CT molecular complexity index is 1300. The van der Waals surface area contributed by atoms with Crippen molar-refractivity contribution in [3.05, 3.63) is 77.0 Å². The smallest absolute Gasteiger partial charge is 0.339 e. The lowest BCUT2D eigenvalue weighted by molar-refractivity contribution is -0.139. The number of benzene rings is 2. The molecule has 1 aromatic heterocycles. The molecule has 0 saturated carbocycles. The highest BCUT2D eigenvalue weighted by Crippen LogP contribution is 2.26. The molecule has 4 rings (SSSR count). The number of nitrogens with zero attached hydrogens (tertiary/aromatic N) is 1. The van der Waals surface area contributed by atoms with Gasteiger partial charge in [0.05, 0.1) is 40.7 Å². The molecule has 0 fully saturated rings. The van der Waals surface area contributed by atoms with Crippen molar-refractivity contribution in [2.75, 3.05) is 13.2 Å². The molecule has 2 N–H and O–H groups in total. The number of hydrogen-bond donors (Lipinski definition) is 2. The largest absolute Gasteiger partial charge is 0.463 e. The van der Waals surface area contributed by atoms with Crippen LogP contribution in [0.25, 0.3) is 22.2 Å². The van der Waals surface area contributed by atoms with Crippen molar-refractivity contribution in [1.29, 1.82) is 0 Å². The van der Waals surface area contributed by atoms with Gasteiger partial charge < -0.3 is 20.1 Å². The molecule has 0 unspecified atom stereocenters. The number of hydrogen-bond acceptors (Lipinski definition) is 6. The van der Waals surface area contributed by atoms with Crippen LogP contribution in [-0.2, 0) is 14.3 Å². The average Bonchev–Trinajstić information content (AvgIpc) is 2.82. The van der Waals surface area contributed by atoms with Crippen molar-refractivity contribution in [2.24, 2.45) is 0 Å². The summed E-state index contributed by atoms with van der Waals surface area (Å²) in [5.74, 6) is -1.17. The molecule has 2 aromatic carbocycles. The molecular weight excluding hydrogens is 434 g/mol. The zero-order valence-corrected chi connectivity index (χ0v) is 19.2. The summed E-state index contributed by atoms with van der Waals surface area (Å²) in [4.78, 5) is 42.4. The van der Waals surface area contributed by atoms with Gasteiger partial charge in [0, 0.05) is 10.9 Å². The number of ether oxygens (including phenoxy) is 2. The molecule has 3 aromatic rings. The molecule has 8 heteroatoms. The van der Waals surface area contributed by atoms with E-state index >= 15 is 0 Å². The second-order valence-electron chi connectivity index (χ2n) is 7.95. The highest BCUT2D eigenvalue weighted by molar-refractivity contribution is 6.05. The van der Waals surface area contributed by atoms with Gasteiger partial charge in [-0.15, -0.1) is 0 Å². The summed E-state index contributed by atoms with van der Waals surface area (Å²) in [6, 6.07) is 15.8. The molecule has 34 heavy (non-hydrogen) atoms. The molecule has 2 heterocycles. The Labute approximate surface area is 197 Å². The topological polar surface area (TPSA) is 107 Å². The highest BCUT2D eigenvalue weighted by Gasteiger charge is 2.30. The van der Waals surface area contributed by atoms with Gasteiger partial charge in [0.2, 0.25) is 0 Å². The van der Waals surface area contributed by atoms with Crippen LogP contribution in [0.2, 0.25) is 0 Å². The van der Waals surface area contributed by atoms with Crippen molar-refractivity contribution >= 4 is 28.9 Å². The first-order valence-corrected chi connectivity index (χ1v) is 11.0. The van der Waals surface area contributed by atoms with Crippen LogP contribution in [0.3, 0.4) is 0 Å². The monoisotopic (exact) mass is 459 g/mol. The lowest BCUT2D eigenvalue weighted by Gasteiger charge is -2.26. The van der Waals surface area contributed by atoms with E-state index in [0.717, 1.165) is 11.1 Å². The Morgan fingerprint density at radius 1 is 1.03 bits per heavy atom. The average molecular weight is 460 g/mol. The molecular formula is C26H25N3O5. The van der Waals surface area contributed by atoms with Crippen molar-refractivity contribution in [3.8, 4) is 11.3 Å². The van der Waals surface area contributed by atoms with Gasteiger partial charge in [-0.2, -0.15) is 0 Å². The van der Waals surface area contributed by atoms with Gasteiger partial charge in [-0.05, 0) is 39.0 Å². The van der Waals surface area contributed by atoms with Crippen LogP contribution in [0.1, 0.15) is 29.8 Å². The summed E-state index contributed by atoms with van der Waals surface area (Å²) in [5, 5.41) is 5.84. The molecule has 1 atom stereocenters. The Kier molecular flexibility index (Phi) is 6.58. The van der Waals surface area contributed by atoms with E-state index in [2.05, 4.69) is 10.6 Å². The maximum atomic E-state index is 13.2. The van der Waals surface area contributed by atoms with E-state index in [9.17, 15) is 14.4 Å². The molecule has 0 saturated heterocycles. The summed E-state index contributed by atoms with van der Waals surface area (Å²) in [6.07, 6.45) is 0. The predicted molar refractivity (Wildman–Crippen MR) is 127 cm³/mol. The lowest BCUT2D eigenvalue weighted by Crippen LogP contribution is -2.50. The van der Waals surface area contributed by atoms with E-state index in [1.807, 2.05) is 55.5 Å². The standard InChI is InChI=1S/C26H25N3O5/c1-4-33-25(31)23-16(3)27-26(32)29-22(23)14-34-24(30)19-13-21(17-8-6-5-7-9-17)28-20-11-10-15(2)12-18(19)20/h5-13,16H,4,14H2,1-3H3,(H2,27,29,32)/t16-/m0/s1. The molecule has 8 nitrogen and oxygen atoms in total. The number of nitrogens with one attached hydrogen (secondary N) is 2. The van der Waals surface area contributed by atoms with Crippen molar-refractivity contribution in [3.63, 3.8) is 0 Å². The number of aryl methyl sites for hydroxylation is 1. The first-order chi connectivity index (χ1) is 16.4. The Morgan fingerprint density at radius 3 is 2.53 bits per heavy atom. The van der Waals surface area contributed by atoms with E-state index in [0.29, 0.717) is 22.2 Å². The first kappa shape index (κ1) is 23.0. The number of esters is 2. The second-order valence-corrected chi connectivity index (χ2v) is 7.95. The van der Waals surface area contributed by atoms with Gasteiger partial charge in [-0.25, -0.2) is 19.4 Å². The highest BCUT2D eigenvalue weighted by atomic mass is 16.5. The summed E-state index contributed by atoms with van der Waals surface area (Å²) in [6.45, 7) is 5.18. The first-order valence-electron chi connectivity index (χ1n) is 11.0. The summed E-state index contributed by atoms with van der Waals surface area (Å²) < 4.78 is 10.7. The number of urea groups is 1. The lowest BCUT2D eigenvalue weighted by atomic mass is 10.0. The van der Waals surface area contributed by atoms with Crippen molar-refractivity contribution in [1.82, 2.24) is 15.6 Å². The van der Waals surface area contributed by atoms with Gasteiger partial charge >= 0.3 is 18.0 Å². The number of rotatable bonds is 6. The summed E-state index contributed by atoms with van der Waals surface area (Å²) >= 11 is 0. The Morgan fingerprint density at radius 2 is 1.79 bits per heavy atom. The van der Waals surface area contributed by atoms with E-state index in [4.69, 9.17) is 14.5 Å². The van der Waals surface area contributed by atoms with Gasteiger partial charge in [0.15, 0.2) is 0 Å². The van der Waals surface area contributed by atoms with Gasteiger partial charge in [0.25, 0.3) is 0 Å². The minimum Gasteiger partial charge on any atom is -0.463 e. The number of amides is 2. The molecule has 0 aliphatic carbocycles. The molecule has 1 aliphatic heterocycles. The van der Waals surface area contributed by atoms with E-state index in [1.54, 1.807) is 19.9 Å². The molecule has 0 spiro atoms. The molecule has 0 radical (unpaired) electrons. The third-order valence-electron chi connectivity index (χ3n) is 5.47. The number of carbonyl (C=O) groups excluding carboxylic acids is 3. The second kappa shape index (κ2) is 9.74. The van der Waals surface area contributed by atoms with Gasteiger partial charge in [0.1, 0.15) is 6.61 Å². The summed E-state index contributed by atoms with van der Waals surface area (Å²) in [7, 11) is 0. The fourth-order valence-corrected chi connectivity index (χ4v) is 3.87. The van der Waals surface area contributed by atoms with Crippen LogP contribution in [-0.4, -0.2) is 42.2 Å². The number of aromatic nitrogens is 1. The summed E-state index contributed by atoms with van der Waals surface area (Å²) in [5.41, 5.74) is 3.90. The molecule has 2 amide bonds. The Balaban J connectivity index is 1.69. The molecule has 1 aliphatic rings. The van der Waals surface area contributed by atoms with E-state index < -0.39 is 24.0 Å². The van der Waals surface area contributed by atoms with Crippen LogP contribution in [0.15, 0.2) is 65.9 Å². The third-order valence-corrected chi connectivity index (χ3v) is 5.47. The zero-order valence-electron chi connectivity index (χ0n) is 19.2. The van der Waals surface area contributed by atoms with Crippen molar-refractivity contribution in [2.45, 2.75) is 26.8 Å². The zero-order chi connectivity index (χ0) is 24.2. The van der Waals surface area contributed by atoms with E-state index in [1.165, 1.54) is 0 Å².